The summed E-state index contributed by atoms with van der Waals surface area (Å²) in [5.74, 6) is 0.608. The van der Waals surface area contributed by atoms with E-state index in [1.807, 2.05) is 0 Å². The molecule has 1 aromatic heterocycles. The van der Waals surface area contributed by atoms with Crippen LogP contribution in [0.1, 0.15) is 6.42 Å². The molecule has 0 saturated carbocycles. The summed E-state index contributed by atoms with van der Waals surface area (Å²) in [7, 11) is 0. The first-order valence-electron chi connectivity index (χ1n) is 4.20. The predicted molar refractivity (Wildman–Crippen MR) is 59.7 cm³/mol. The van der Waals surface area contributed by atoms with Crippen molar-refractivity contribution in [2.75, 3.05) is 11.4 Å². The van der Waals surface area contributed by atoms with Gasteiger partial charge >= 0.3 is 0 Å². The molecule has 1 saturated heterocycles. The molecular weight excluding hydrogens is 295 g/mol. The van der Waals surface area contributed by atoms with Crippen molar-refractivity contribution in [2.45, 2.75) is 12.5 Å². The smallest absolute Gasteiger partial charge is 0.229 e. The molecule has 6 heteroatoms. The number of carbonyl (C=O) groups is 1. The summed E-state index contributed by atoms with van der Waals surface area (Å²) in [6.07, 6.45) is 3.62. The lowest BCUT2D eigenvalue weighted by Gasteiger charge is -2.13. The normalized spacial score (nSPS) is 21.7. The number of carbonyl (C=O) groups excluding carboxylic acids is 1. The van der Waals surface area contributed by atoms with E-state index < -0.39 is 0 Å². The SMILES string of the molecule is NC1CC(=O)N(c2cnc(I)cn2)C1. The van der Waals surface area contributed by atoms with Crippen molar-refractivity contribution in [3.63, 3.8) is 0 Å². The van der Waals surface area contributed by atoms with Gasteiger partial charge in [0.15, 0.2) is 5.82 Å². The zero-order valence-electron chi connectivity index (χ0n) is 7.35. The standard InChI is InChI=1S/C8H9IN4O/c9-6-2-12-7(3-11-6)13-4-5(10)1-8(13)14/h2-3,5H,1,4,10H2. The van der Waals surface area contributed by atoms with Crippen molar-refractivity contribution in [1.82, 2.24) is 9.97 Å². The molecule has 1 aliphatic heterocycles. The fourth-order valence-corrected chi connectivity index (χ4v) is 1.68. The lowest BCUT2D eigenvalue weighted by atomic mass is 10.3. The van der Waals surface area contributed by atoms with Gasteiger partial charge in [0.05, 0.1) is 12.4 Å². The lowest BCUT2D eigenvalue weighted by molar-refractivity contribution is -0.117. The zero-order valence-corrected chi connectivity index (χ0v) is 9.51. The minimum absolute atomic E-state index is 0.0213. The number of rotatable bonds is 1. The second-order valence-electron chi connectivity index (χ2n) is 3.17. The molecule has 0 aromatic carbocycles. The van der Waals surface area contributed by atoms with Gasteiger partial charge < -0.3 is 5.73 Å². The van der Waals surface area contributed by atoms with Crippen LogP contribution >= 0.6 is 22.6 Å². The molecule has 1 aromatic rings. The summed E-state index contributed by atoms with van der Waals surface area (Å²) >= 11 is 2.07. The Hall–Kier alpha value is -0.760. The van der Waals surface area contributed by atoms with Gasteiger partial charge in [-0.1, -0.05) is 0 Å². The van der Waals surface area contributed by atoms with Gasteiger partial charge in [0, 0.05) is 19.0 Å². The van der Waals surface area contributed by atoms with Gasteiger partial charge in [0.1, 0.15) is 3.70 Å². The van der Waals surface area contributed by atoms with E-state index in [0.29, 0.717) is 18.8 Å². The second-order valence-corrected chi connectivity index (χ2v) is 4.27. The van der Waals surface area contributed by atoms with Crippen LogP contribution < -0.4 is 10.6 Å². The van der Waals surface area contributed by atoms with E-state index in [9.17, 15) is 4.79 Å². The highest BCUT2D eigenvalue weighted by Gasteiger charge is 2.28. The molecule has 0 radical (unpaired) electrons. The van der Waals surface area contributed by atoms with Crippen molar-refractivity contribution >= 4 is 34.3 Å². The third kappa shape index (κ3) is 1.85. The maximum Gasteiger partial charge on any atom is 0.229 e. The van der Waals surface area contributed by atoms with Crippen LogP contribution in [0, 0.1) is 3.70 Å². The lowest BCUT2D eigenvalue weighted by Crippen LogP contribution is -2.28. The Labute approximate surface area is 94.8 Å². The molecule has 5 nitrogen and oxygen atoms in total. The Balaban J connectivity index is 2.23. The zero-order chi connectivity index (χ0) is 10.1. The van der Waals surface area contributed by atoms with Crippen LogP contribution in [-0.4, -0.2) is 28.5 Å². The summed E-state index contributed by atoms with van der Waals surface area (Å²) in [5, 5.41) is 0. The van der Waals surface area contributed by atoms with Crippen LogP contribution in [0.15, 0.2) is 12.4 Å². The van der Waals surface area contributed by atoms with Crippen molar-refractivity contribution in [3.05, 3.63) is 16.1 Å². The molecule has 1 amide bonds. The van der Waals surface area contributed by atoms with Crippen LogP contribution in [0.2, 0.25) is 0 Å². The summed E-state index contributed by atoms with van der Waals surface area (Å²) in [4.78, 5) is 21.2. The number of hydrogen-bond acceptors (Lipinski definition) is 4. The molecule has 1 fully saturated rings. The summed E-state index contributed by atoms with van der Waals surface area (Å²) < 4.78 is 0.808. The molecule has 2 rings (SSSR count). The average molecular weight is 304 g/mol. The maximum absolute atomic E-state index is 11.4. The van der Waals surface area contributed by atoms with Gasteiger partial charge in [-0.05, 0) is 22.6 Å². The Morgan fingerprint density at radius 3 is 2.79 bits per heavy atom. The summed E-state index contributed by atoms with van der Waals surface area (Å²) in [6.45, 7) is 0.536. The second kappa shape index (κ2) is 3.77. The van der Waals surface area contributed by atoms with Gasteiger partial charge in [-0.15, -0.1) is 0 Å². The molecule has 0 aliphatic carbocycles. The molecule has 1 aliphatic rings. The van der Waals surface area contributed by atoms with E-state index in [0.717, 1.165) is 3.70 Å². The van der Waals surface area contributed by atoms with Crippen molar-refractivity contribution in [1.29, 1.82) is 0 Å². The van der Waals surface area contributed by atoms with Crippen LogP contribution in [0.5, 0.6) is 0 Å². The molecule has 74 valence electrons. The Kier molecular flexibility index (Phi) is 2.64. The first-order chi connectivity index (χ1) is 6.66. The fourth-order valence-electron chi connectivity index (χ4n) is 1.40. The van der Waals surface area contributed by atoms with Crippen LogP contribution in [0.4, 0.5) is 5.82 Å². The van der Waals surface area contributed by atoms with E-state index in [2.05, 4.69) is 32.6 Å². The van der Waals surface area contributed by atoms with E-state index in [1.165, 1.54) is 0 Å². The quantitative estimate of drug-likeness (QED) is 0.750. The Bertz CT molecular complexity index is 353. The molecule has 2 heterocycles. The topological polar surface area (TPSA) is 72.1 Å². The van der Waals surface area contributed by atoms with E-state index >= 15 is 0 Å². The number of aromatic nitrogens is 2. The minimum Gasteiger partial charge on any atom is -0.326 e. The highest BCUT2D eigenvalue weighted by atomic mass is 127. The Morgan fingerprint density at radius 2 is 2.29 bits per heavy atom. The number of nitrogens with two attached hydrogens (primary N) is 1. The number of anilines is 1. The molecule has 2 N–H and O–H groups in total. The third-order valence-corrected chi connectivity index (χ3v) is 2.60. The van der Waals surface area contributed by atoms with Crippen molar-refractivity contribution in [2.24, 2.45) is 5.73 Å². The fraction of sp³-hybridized carbons (Fsp3) is 0.375. The average Bonchev–Trinajstić information content (AvgIpc) is 2.47. The van der Waals surface area contributed by atoms with Gasteiger partial charge in [0.2, 0.25) is 5.91 Å². The summed E-state index contributed by atoms with van der Waals surface area (Å²) in [6, 6.07) is -0.0800. The van der Waals surface area contributed by atoms with E-state index in [-0.39, 0.29) is 11.9 Å². The van der Waals surface area contributed by atoms with Gasteiger partial charge in [-0.2, -0.15) is 0 Å². The van der Waals surface area contributed by atoms with E-state index in [4.69, 9.17) is 5.73 Å². The van der Waals surface area contributed by atoms with Gasteiger partial charge in [-0.3, -0.25) is 9.69 Å². The molecule has 1 unspecified atom stereocenters. The highest BCUT2D eigenvalue weighted by Crippen LogP contribution is 2.17. The summed E-state index contributed by atoms with van der Waals surface area (Å²) in [5.41, 5.74) is 5.67. The van der Waals surface area contributed by atoms with Crippen molar-refractivity contribution < 1.29 is 4.79 Å². The largest absolute Gasteiger partial charge is 0.326 e. The van der Waals surface area contributed by atoms with E-state index in [1.54, 1.807) is 17.3 Å². The number of halogens is 1. The van der Waals surface area contributed by atoms with Crippen LogP contribution in [0.3, 0.4) is 0 Å². The van der Waals surface area contributed by atoms with Crippen LogP contribution in [0.25, 0.3) is 0 Å². The minimum atomic E-state index is -0.0800. The molecular formula is C8H9IN4O. The molecule has 14 heavy (non-hydrogen) atoms. The monoisotopic (exact) mass is 304 g/mol. The third-order valence-electron chi connectivity index (χ3n) is 2.04. The van der Waals surface area contributed by atoms with Gasteiger partial charge in [0.25, 0.3) is 0 Å². The highest BCUT2D eigenvalue weighted by molar-refractivity contribution is 14.1. The van der Waals surface area contributed by atoms with Crippen molar-refractivity contribution in [3.8, 4) is 0 Å². The first-order valence-corrected chi connectivity index (χ1v) is 5.28. The van der Waals surface area contributed by atoms with Gasteiger partial charge in [-0.25, -0.2) is 9.97 Å². The molecule has 0 spiro atoms. The first kappa shape index (κ1) is 9.78. The maximum atomic E-state index is 11.4. The number of amides is 1. The predicted octanol–water partition coefficient (Wildman–Crippen LogP) is 0.145. The molecule has 1 atom stereocenters. The number of hydrogen-bond donors (Lipinski definition) is 1. The molecule has 0 bridgehead atoms. The number of nitrogens with zero attached hydrogens (tertiary/aromatic N) is 3. The Morgan fingerprint density at radius 1 is 1.50 bits per heavy atom. The van der Waals surface area contributed by atoms with Crippen LogP contribution in [-0.2, 0) is 4.79 Å².